The number of amides is 1. The van der Waals surface area contributed by atoms with Crippen LogP contribution < -0.4 is 10.2 Å². The Kier molecular flexibility index (Phi) is 5.10. The third-order valence-electron chi connectivity index (χ3n) is 3.39. The van der Waals surface area contributed by atoms with Gasteiger partial charge < -0.3 is 10.2 Å². The zero-order valence-electron chi connectivity index (χ0n) is 12.7. The van der Waals surface area contributed by atoms with E-state index >= 15 is 0 Å². The molecule has 0 spiro atoms. The van der Waals surface area contributed by atoms with Crippen LogP contribution >= 0.6 is 0 Å². The quantitative estimate of drug-likeness (QED) is 0.920. The van der Waals surface area contributed by atoms with E-state index in [1.807, 2.05) is 12.1 Å². The SMILES string of the molecule is CCN(CC)c1cncc(C(=O)Nc2ccc(C#N)cc2)c1. The molecule has 2 aromatic rings. The fourth-order valence-corrected chi connectivity index (χ4v) is 2.15. The molecule has 1 heterocycles. The molecule has 0 saturated heterocycles. The molecule has 112 valence electrons. The first kappa shape index (κ1) is 15.5. The number of carbonyl (C=O) groups excluding carboxylic acids is 1. The van der Waals surface area contributed by atoms with Crippen molar-refractivity contribution >= 4 is 17.3 Å². The van der Waals surface area contributed by atoms with Crippen LogP contribution in [-0.2, 0) is 0 Å². The zero-order valence-corrected chi connectivity index (χ0v) is 12.7. The van der Waals surface area contributed by atoms with Crippen LogP contribution in [0.4, 0.5) is 11.4 Å². The summed E-state index contributed by atoms with van der Waals surface area (Å²) < 4.78 is 0. The predicted molar refractivity (Wildman–Crippen MR) is 86.9 cm³/mol. The van der Waals surface area contributed by atoms with Gasteiger partial charge in [-0.2, -0.15) is 5.26 Å². The third kappa shape index (κ3) is 3.61. The fourth-order valence-electron chi connectivity index (χ4n) is 2.15. The lowest BCUT2D eigenvalue weighted by atomic mass is 10.2. The summed E-state index contributed by atoms with van der Waals surface area (Å²) in [4.78, 5) is 18.6. The molecule has 1 N–H and O–H groups in total. The highest BCUT2D eigenvalue weighted by Gasteiger charge is 2.10. The minimum atomic E-state index is -0.216. The lowest BCUT2D eigenvalue weighted by molar-refractivity contribution is 0.102. The van der Waals surface area contributed by atoms with Crippen LogP contribution in [0.1, 0.15) is 29.8 Å². The van der Waals surface area contributed by atoms with E-state index in [1.165, 1.54) is 0 Å². The molecule has 0 unspecified atom stereocenters. The van der Waals surface area contributed by atoms with Crippen molar-refractivity contribution in [2.45, 2.75) is 13.8 Å². The van der Waals surface area contributed by atoms with E-state index in [4.69, 9.17) is 5.26 Å². The summed E-state index contributed by atoms with van der Waals surface area (Å²) in [6.07, 6.45) is 3.30. The normalized spacial score (nSPS) is 9.86. The van der Waals surface area contributed by atoms with Gasteiger partial charge in [0.2, 0.25) is 0 Å². The molecule has 0 aliphatic heterocycles. The Morgan fingerprint density at radius 2 is 1.91 bits per heavy atom. The molecule has 0 bridgehead atoms. The van der Waals surface area contributed by atoms with Gasteiger partial charge in [-0.3, -0.25) is 9.78 Å². The molecule has 0 saturated carbocycles. The van der Waals surface area contributed by atoms with Gasteiger partial charge in [0.1, 0.15) is 0 Å². The van der Waals surface area contributed by atoms with Gasteiger partial charge in [0.25, 0.3) is 5.91 Å². The summed E-state index contributed by atoms with van der Waals surface area (Å²) in [6.45, 7) is 5.84. The van der Waals surface area contributed by atoms with Gasteiger partial charge in [0, 0.05) is 25.0 Å². The van der Waals surface area contributed by atoms with Crippen LogP contribution in [0.15, 0.2) is 42.7 Å². The maximum atomic E-state index is 12.3. The van der Waals surface area contributed by atoms with E-state index < -0.39 is 0 Å². The summed E-state index contributed by atoms with van der Waals surface area (Å²) in [7, 11) is 0. The lowest BCUT2D eigenvalue weighted by Crippen LogP contribution is -2.22. The molecule has 1 amide bonds. The minimum absolute atomic E-state index is 0.216. The summed E-state index contributed by atoms with van der Waals surface area (Å²) >= 11 is 0. The number of aromatic nitrogens is 1. The van der Waals surface area contributed by atoms with Crippen molar-refractivity contribution in [3.05, 3.63) is 53.9 Å². The second-order valence-corrected chi connectivity index (χ2v) is 4.75. The Balaban J connectivity index is 2.15. The molecule has 5 heteroatoms. The van der Waals surface area contributed by atoms with E-state index in [0.717, 1.165) is 18.8 Å². The number of nitriles is 1. The molecular formula is C17H18N4O. The number of pyridine rings is 1. The van der Waals surface area contributed by atoms with Crippen molar-refractivity contribution < 1.29 is 4.79 Å². The fraction of sp³-hybridized carbons (Fsp3) is 0.235. The Bertz CT molecular complexity index is 685. The number of nitrogens with zero attached hydrogens (tertiary/aromatic N) is 3. The summed E-state index contributed by atoms with van der Waals surface area (Å²) in [5.41, 5.74) is 2.65. The highest BCUT2D eigenvalue weighted by atomic mass is 16.1. The van der Waals surface area contributed by atoms with E-state index in [0.29, 0.717) is 16.8 Å². The van der Waals surface area contributed by atoms with Gasteiger partial charge in [-0.05, 0) is 44.2 Å². The Morgan fingerprint density at radius 3 is 2.50 bits per heavy atom. The van der Waals surface area contributed by atoms with Crippen LogP contribution in [0.5, 0.6) is 0 Å². The highest BCUT2D eigenvalue weighted by molar-refractivity contribution is 6.04. The number of hydrogen-bond donors (Lipinski definition) is 1. The van der Waals surface area contributed by atoms with Crippen LogP contribution in [0, 0.1) is 11.3 Å². The van der Waals surface area contributed by atoms with Crippen molar-refractivity contribution in [2.75, 3.05) is 23.3 Å². The van der Waals surface area contributed by atoms with Crippen molar-refractivity contribution in [2.24, 2.45) is 0 Å². The lowest BCUT2D eigenvalue weighted by Gasteiger charge is -2.20. The molecule has 0 aliphatic rings. The van der Waals surface area contributed by atoms with Crippen LogP contribution in [0.25, 0.3) is 0 Å². The van der Waals surface area contributed by atoms with Gasteiger partial charge in [-0.15, -0.1) is 0 Å². The highest BCUT2D eigenvalue weighted by Crippen LogP contribution is 2.16. The number of hydrogen-bond acceptors (Lipinski definition) is 4. The van der Waals surface area contributed by atoms with Gasteiger partial charge in [-0.1, -0.05) is 0 Å². The Labute approximate surface area is 130 Å². The second kappa shape index (κ2) is 7.23. The largest absolute Gasteiger partial charge is 0.371 e. The monoisotopic (exact) mass is 294 g/mol. The van der Waals surface area contributed by atoms with Gasteiger partial charge >= 0.3 is 0 Å². The number of rotatable bonds is 5. The standard InChI is InChI=1S/C17H18N4O/c1-3-21(4-2)16-9-14(11-19-12-16)17(22)20-15-7-5-13(10-18)6-8-15/h5-9,11-12H,3-4H2,1-2H3,(H,20,22). The molecule has 0 fully saturated rings. The maximum Gasteiger partial charge on any atom is 0.257 e. The molecular weight excluding hydrogens is 276 g/mol. The number of anilines is 2. The van der Waals surface area contributed by atoms with Crippen LogP contribution in [-0.4, -0.2) is 24.0 Å². The van der Waals surface area contributed by atoms with Crippen molar-refractivity contribution in [3.63, 3.8) is 0 Å². The summed E-state index contributed by atoms with van der Waals surface area (Å²) in [6, 6.07) is 10.6. The average Bonchev–Trinajstić information content (AvgIpc) is 2.57. The Morgan fingerprint density at radius 1 is 1.23 bits per heavy atom. The minimum Gasteiger partial charge on any atom is -0.371 e. The topological polar surface area (TPSA) is 69.0 Å². The van der Waals surface area contributed by atoms with Gasteiger partial charge in [0.15, 0.2) is 0 Å². The molecule has 2 rings (SSSR count). The first-order chi connectivity index (χ1) is 10.7. The average molecular weight is 294 g/mol. The maximum absolute atomic E-state index is 12.3. The summed E-state index contributed by atoms with van der Waals surface area (Å²) in [5.74, 6) is -0.216. The number of benzene rings is 1. The molecule has 1 aromatic carbocycles. The molecule has 0 radical (unpaired) electrons. The zero-order chi connectivity index (χ0) is 15.9. The van der Waals surface area contributed by atoms with E-state index in [9.17, 15) is 4.79 Å². The van der Waals surface area contributed by atoms with Crippen molar-refractivity contribution in [1.29, 1.82) is 5.26 Å². The van der Waals surface area contributed by atoms with E-state index in [2.05, 4.69) is 29.0 Å². The Hall–Kier alpha value is -2.87. The number of carbonyl (C=O) groups is 1. The van der Waals surface area contributed by atoms with Gasteiger partial charge in [-0.25, -0.2) is 0 Å². The van der Waals surface area contributed by atoms with Crippen LogP contribution in [0.2, 0.25) is 0 Å². The molecule has 22 heavy (non-hydrogen) atoms. The van der Waals surface area contributed by atoms with Crippen LogP contribution in [0.3, 0.4) is 0 Å². The van der Waals surface area contributed by atoms with E-state index in [1.54, 1.807) is 36.7 Å². The molecule has 1 aromatic heterocycles. The first-order valence-corrected chi connectivity index (χ1v) is 7.19. The molecule has 0 atom stereocenters. The smallest absolute Gasteiger partial charge is 0.257 e. The molecule has 5 nitrogen and oxygen atoms in total. The third-order valence-corrected chi connectivity index (χ3v) is 3.39. The second-order valence-electron chi connectivity index (χ2n) is 4.75. The first-order valence-electron chi connectivity index (χ1n) is 7.19. The number of nitrogens with one attached hydrogen (secondary N) is 1. The predicted octanol–water partition coefficient (Wildman–Crippen LogP) is 3.05. The van der Waals surface area contributed by atoms with Crippen molar-refractivity contribution in [1.82, 2.24) is 4.98 Å². The van der Waals surface area contributed by atoms with E-state index in [-0.39, 0.29) is 5.91 Å². The van der Waals surface area contributed by atoms with Gasteiger partial charge in [0.05, 0.1) is 29.1 Å². The van der Waals surface area contributed by atoms with Crippen molar-refractivity contribution in [3.8, 4) is 6.07 Å². The summed E-state index contributed by atoms with van der Waals surface area (Å²) in [5, 5.41) is 11.6. The molecule has 0 aliphatic carbocycles.